The third kappa shape index (κ3) is 5.56. The van der Waals surface area contributed by atoms with Gasteiger partial charge in [-0.3, -0.25) is 9.59 Å². The van der Waals surface area contributed by atoms with Gasteiger partial charge in [0.05, 0.1) is 10.7 Å². The summed E-state index contributed by atoms with van der Waals surface area (Å²) in [5, 5.41) is 17.0. The predicted octanol–water partition coefficient (Wildman–Crippen LogP) is 4.46. The molecule has 4 rings (SSSR count). The number of ether oxygens (including phenoxy) is 2. The number of rotatable bonds is 6. The highest BCUT2D eigenvalue weighted by Crippen LogP contribution is 2.33. The molecule has 10 heteroatoms. The van der Waals surface area contributed by atoms with Crippen LogP contribution in [-0.2, 0) is 4.79 Å². The molecule has 0 spiro atoms. The zero-order chi connectivity index (χ0) is 24.1. The summed E-state index contributed by atoms with van der Waals surface area (Å²) in [6.07, 6.45) is 2.72. The standard InChI is InChI=1S/C24H17BrClN3O5/c25-18-11-17(26)10-16(22(18)30)12-27-29-24(32)19(28-23(31)15-4-2-1-3-5-15)8-14-6-7-20-21(9-14)34-13-33-20/h1-12,30H,13H2,(H,28,31)(H,29,32)/b19-8+,27-12-. The summed E-state index contributed by atoms with van der Waals surface area (Å²) in [6, 6.07) is 16.6. The maximum absolute atomic E-state index is 12.9. The molecule has 172 valence electrons. The van der Waals surface area contributed by atoms with Gasteiger partial charge in [-0.15, -0.1) is 0 Å². The number of hydrazone groups is 1. The van der Waals surface area contributed by atoms with Crippen molar-refractivity contribution in [3.05, 3.63) is 92.5 Å². The number of benzene rings is 3. The lowest BCUT2D eigenvalue weighted by atomic mass is 10.1. The molecule has 1 heterocycles. The van der Waals surface area contributed by atoms with Crippen molar-refractivity contribution < 1.29 is 24.2 Å². The first-order valence-electron chi connectivity index (χ1n) is 9.90. The molecule has 0 saturated carbocycles. The number of nitrogens with one attached hydrogen (secondary N) is 2. The summed E-state index contributed by atoms with van der Waals surface area (Å²) in [6.45, 7) is 0.113. The second-order valence-corrected chi connectivity index (χ2v) is 8.31. The number of halogens is 2. The van der Waals surface area contributed by atoms with Crippen molar-refractivity contribution >= 4 is 51.6 Å². The molecule has 0 bridgehead atoms. The van der Waals surface area contributed by atoms with Gasteiger partial charge in [0.2, 0.25) is 6.79 Å². The van der Waals surface area contributed by atoms with Gasteiger partial charge in [0.1, 0.15) is 11.4 Å². The fourth-order valence-electron chi connectivity index (χ4n) is 3.02. The Morgan fingerprint density at radius 2 is 1.82 bits per heavy atom. The number of hydrogen-bond donors (Lipinski definition) is 3. The van der Waals surface area contributed by atoms with Crippen LogP contribution in [0.15, 0.2) is 75.9 Å². The number of carbonyl (C=O) groups excluding carboxylic acids is 2. The summed E-state index contributed by atoms with van der Waals surface area (Å²) < 4.78 is 11.1. The van der Waals surface area contributed by atoms with Crippen LogP contribution in [0.25, 0.3) is 6.08 Å². The quantitative estimate of drug-likeness (QED) is 0.242. The predicted molar refractivity (Wildman–Crippen MR) is 131 cm³/mol. The topological polar surface area (TPSA) is 109 Å². The van der Waals surface area contributed by atoms with Gasteiger partial charge < -0.3 is 19.9 Å². The Labute approximate surface area is 208 Å². The minimum Gasteiger partial charge on any atom is -0.506 e. The summed E-state index contributed by atoms with van der Waals surface area (Å²) in [5.41, 5.74) is 3.56. The van der Waals surface area contributed by atoms with Crippen molar-refractivity contribution in [3.63, 3.8) is 0 Å². The van der Waals surface area contributed by atoms with E-state index in [0.29, 0.717) is 32.1 Å². The lowest BCUT2D eigenvalue weighted by molar-refractivity contribution is -0.117. The van der Waals surface area contributed by atoms with Crippen molar-refractivity contribution in [1.82, 2.24) is 10.7 Å². The number of nitrogens with zero attached hydrogens (tertiary/aromatic N) is 1. The number of carbonyl (C=O) groups is 2. The van der Waals surface area contributed by atoms with Gasteiger partial charge in [0, 0.05) is 16.1 Å². The number of hydrogen-bond acceptors (Lipinski definition) is 6. The van der Waals surface area contributed by atoms with Gasteiger partial charge in [0.25, 0.3) is 11.8 Å². The van der Waals surface area contributed by atoms with Gasteiger partial charge in [-0.1, -0.05) is 35.9 Å². The zero-order valence-corrected chi connectivity index (χ0v) is 19.8. The Hall–Kier alpha value is -3.82. The Kier molecular flexibility index (Phi) is 7.15. The third-order valence-corrected chi connectivity index (χ3v) is 5.49. The van der Waals surface area contributed by atoms with Crippen LogP contribution in [0.3, 0.4) is 0 Å². The number of amides is 2. The molecule has 0 fully saturated rings. The van der Waals surface area contributed by atoms with Crippen LogP contribution < -0.4 is 20.2 Å². The van der Waals surface area contributed by atoms with Crippen molar-refractivity contribution in [2.75, 3.05) is 6.79 Å². The van der Waals surface area contributed by atoms with Crippen molar-refractivity contribution in [3.8, 4) is 17.2 Å². The molecule has 3 N–H and O–H groups in total. The Balaban J connectivity index is 1.58. The second kappa shape index (κ2) is 10.4. The largest absolute Gasteiger partial charge is 0.506 e. The number of aromatic hydroxyl groups is 1. The molecule has 0 atom stereocenters. The molecule has 2 amide bonds. The molecule has 3 aromatic rings. The van der Waals surface area contributed by atoms with E-state index in [-0.39, 0.29) is 23.8 Å². The van der Waals surface area contributed by atoms with Gasteiger partial charge >= 0.3 is 0 Å². The number of fused-ring (bicyclic) bond motifs is 1. The molecular weight excluding hydrogens is 526 g/mol. The Bertz CT molecular complexity index is 1310. The molecule has 8 nitrogen and oxygen atoms in total. The Morgan fingerprint density at radius 3 is 2.62 bits per heavy atom. The molecule has 0 radical (unpaired) electrons. The van der Waals surface area contributed by atoms with Gasteiger partial charge in [-0.2, -0.15) is 5.10 Å². The molecule has 34 heavy (non-hydrogen) atoms. The molecular formula is C24H17BrClN3O5. The van der Waals surface area contributed by atoms with Crippen LogP contribution in [0.2, 0.25) is 5.02 Å². The maximum atomic E-state index is 12.9. The lowest BCUT2D eigenvalue weighted by Crippen LogP contribution is -2.32. The van der Waals surface area contributed by atoms with E-state index in [0.717, 1.165) is 0 Å². The van der Waals surface area contributed by atoms with E-state index in [4.69, 9.17) is 21.1 Å². The van der Waals surface area contributed by atoms with Crippen LogP contribution in [0, 0.1) is 0 Å². The van der Waals surface area contributed by atoms with E-state index in [1.807, 2.05) is 0 Å². The zero-order valence-electron chi connectivity index (χ0n) is 17.4. The van der Waals surface area contributed by atoms with E-state index in [9.17, 15) is 14.7 Å². The third-order valence-electron chi connectivity index (χ3n) is 4.66. The summed E-state index contributed by atoms with van der Waals surface area (Å²) >= 11 is 9.18. The monoisotopic (exact) mass is 541 g/mol. The van der Waals surface area contributed by atoms with Crippen molar-refractivity contribution in [2.24, 2.45) is 5.10 Å². The molecule has 3 aromatic carbocycles. The van der Waals surface area contributed by atoms with Crippen LogP contribution in [-0.4, -0.2) is 29.9 Å². The Morgan fingerprint density at radius 1 is 1.06 bits per heavy atom. The van der Waals surface area contributed by atoms with Crippen molar-refractivity contribution in [2.45, 2.75) is 0 Å². The summed E-state index contributed by atoms with van der Waals surface area (Å²) in [7, 11) is 0. The van der Waals surface area contributed by atoms with E-state index >= 15 is 0 Å². The minimum atomic E-state index is -0.682. The summed E-state index contributed by atoms with van der Waals surface area (Å²) in [4.78, 5) is 25.6. The highest BCUT2D eigenvalue weighted by molar-refractivity contribution is 9.10. The van der Waals surface area contributed by atoms with Crippen LogP contribution >= 0.6 is 27.5 Å². The first kappa shape index (κ1) is 23.3. The van der Waals surface area contributed by atoms with Crippen LogP contribution in [0.4, 0.5) is 0 Å². The first-order valence-corrected chi connectivity index (χ1v) is 11.1. The highest BCUT2D eigenvalue weighted by atomic mass is 79.9. The number of phenols is 1. The highest BCUT2D eigenvalue weighted by Gasteiger charge is 2.17. The first-order chi connectivity index (χ1) is 16.4. The number of phenolic OH excluding ortho intramolecular Hbond substituents is 1. The van der Waals surface area contributed by atoms with Gasteiger partial charge in [-0.25, -0.2) is 5.43 Å². The van der Waals surface area contributed by atoms with Crippen LogP contribution in [0.5, 0.6) is 17.2 Å². The van der Waals surface area contributed by atoms with Gasteiger partial charge in [-0.05, 0) is 64.0 Å². The molecule has 0 unspecified atom stereocenters. The van der Waals surface area contributed by atoms with Crippen molar-refractivity contribution in [1.29, 1.82) is 0 Å². The maximum Gasteiger partial charge on any atom is 0.287 e. The molecule has 1 aliphatic heterocycles. The SMILES string of the molecule is O=C(N/N=C\c1cc(Cl)cc(Br)c1O)/C(=C\c1ccc2c(c1)OCO2)NC(=O)c1ccccc1. The van der Waals surface area contributed by atoms with Crippen LogP contribution in [0.1, 0.15) is 21.5 Å². The minimum absolute atomic E-state index is 0.0543. The average Bonchev–Trinajstić information content (AvgIpc) is 3.30. The van der Waals surface area contributed by atoms with E-state index in [1.54, 1.807) is 48.5 Å². The summed E-state index contributed by atoms with van der Waals surface area (Å²) in [5.74, 6) is -0.116. The molecule has 0 saturated heterocycles. The fourth-order valence-corrected chi connectivity index (χ4v) is 3.85. The smallest absolute Gasteiger partial charge is 0.287 e. The van der Waals surface area contributed by atoms with E-state index < -0.39 is 11.8 Å². The lowest BCUT2D eigenvalue weighted by Gasteiger charge is -2.09. The molecule has 0 aromatic heterocycles. The van der Waals surface area contributed by atoms with E-state index in [2.05, 4.69) is 31.8 Å². The normalized spacial score (nSPS) is 12.6. The fraction of sp³-hybridized carbons (Fsp3) is 0.0417. The molecule has 0 aliphatic carbocycles. The molecule has 1 aliphatic rings. The second-order valence-electron chi connectivity index (χ2n) is 7.02. The van der Waals surface area contributed by atoms with Gasteiger partial charge in [0.15, 0.2) is 11.5 Å². The van der Waals surface area contributed by atoms with E-state index in [1.165, 1.54) is 24.4 Å². The average molecular weight is 543 g/mol.